The monoisotopic (exact) mass is 209 g/mol. The van der Waals surface area contributed by atoms with Crippen molar-refractivity contribution in [2.45, 2.75) is 13.0 Å². The molecule has 2 rings (SSSR count). The van der Waals surface area contributed by atoms with Gasteiger partial charge in [0, 0.05) is 17.5 Å². The highest BCUT2D eigenvalue weighted by Crippen LogP contribution is 2.28. The van der Waals surface area contributed by atoms with Crippen molar-refractivity contribution in [2.24, 2.45) is 0 Å². The van der Waals surface area contributed by atoms with Crippen molar-refractivity contribution in [3.63, 3.8) is 0 Å². The Bertz CT molecular complexity index is 299. The minimum absolute atomic E-state index is 0.626. The normalized spacial score (nSPS) is 16.1. The van der Waals surface area contributed by atoms with Gasteiger partial charge in [0.2, 0.25) is 0 Å². The van der Waals surface area contributed by atoms with E-state index in [0.29, 0.717) is 6.04 Å². The smallest absolute Gasteiger partial charge is 0.142 e. The molecule has 14 heavy (non-hydrogen) atoms. The van der Waals surface area contributed by atoms with Gasteiger partial charge in [0.1, 0.15) is 5.75 Å². The van der Waals surface area contributed by atoms with E-state index < -0.39 is 0 Å². The highest BCUT2D eigenvalue weighted by molar-refractivity contribution is 8.00. The van der Waals surface area contributed by atoms with E-state index in [1.165, 1.54) is 11.5 Å². The van der Waals surface area contributed by atoms with Crippen LogP contribution in [0.3, 0.4) is 0 Å². The minimum atomic E-state index is 0.626. The molecule has 0 aromatic heterocycles. The summed E-state index contributed by atoms with van der Waals surface area (Å²) in [5.74, 6) is 3.38. The van der Waals surface area contributed by atoms with E-state index in [0.717, 1.165) is 18.0 Å². The molecule has 0 unspecified atom stereocenters. The van der Waals surface area contributed by atoms with E-state index in [4.69, 9.17) is 4.74 Å². The molecule has 1 aliphatic heterocycles. The Morgan fingerprint density at radius 3 is 2.86 bits per heavy atom. The van der Waals surface area contributed by atoms with Crippen LogP contribution in [0, 0.1) is 0 Å². The molecule has 1 N–H and O–H groups in total. The second kappa shape index (κ2) is 4.60. The largest absolute Gasteiger partial charge is 0.492 e. The highest BCUT2D eigenvalue weighted by Gasteiger charge is 2.18. The molecule has 1 aliphatic rings. The zero-order chi connectivity index (χ0) is 9.80. The third-order valence-electron chi connectivity index (χ3n) is 2.18. The molecule has 2 nitrogen and oxygen atoms in total. The summed E-state index contributed by atoms with van der Waals surface area (Å²) in [6.07, 6.45) is 0. The van der Waals surface area contributed by atoms with Crippen molar-refractivity contribution < 1.29 is 4.74 Å². The van der Waals surface area contributed by atoms with Crippen LogP contribution in [0.1, 0.15) is 6.92 Å². The number of anilines is 1. The zero-order valence-corrected chi connectivity index (χ0v) is 9.14. The van der Waals surface area contributed by atoms with Gasteiger partial charge in [-0.05, 0) is 19.1 Å². The molecule has 1 aromatic carbocycles. The topological polar surface area (TPSA) is 21.3 Å². The fourth-order valence-corrected chi connectivity index (χ4v) is 2.04. The fraction of sp³-hybridized carbons (Fsp3) is 0.455. The Labute approximate surface area is 89.0 Å². The van der Waals surface area contributed by atoms with Crippen LogP contribution >= 0.6 is 11.8 Å². The summed E-state index contributed by atoms with van der Waals surface area (Å²) in [5, 5.41) is 3.49. The predicted molar refractivity (Wildman–Crippen MR) is 62.3 cm³/mol. The SMILES string of the molecule is CCOc1ccccc1NC1CSC1. The Morgan fingerprint density at radius 2 is 2.21 bits per heavy atom. The molecule has 1 saturated heterocycles. The first-order chi connectivity index (χ1) is 6.90. The third kappa shape index (κ3) is 2.15. The molecule has 1 fully saturated rings. The lowest BCUT2D eigenvalue weighted by atomic mass is 10.2. The Kier molecular flexibility index (Phi) is 3.19. The van der Waals surface area contributed by atoms with Crippen LogP contribution in [0.2, 0.25) is 0 Å². The molecule has 3 heteroatoms. The maximum atomic E-state index is 5.54. The molecule has 0 bridgehead atoms. The molecule has 0 radical (unpaired) electrons. The first-order valence-electron chi connectivity index (χ1n) is 4.96. The van der Waals surface area contributed by atoms with E-state index in [2.05, 4.69) is 11.4 Å². The number of rotatable bonds is 4. The first kappa shape index (κ1) is 9.71. The Hall–Kier alpha value is -0.830. The van der Waals surface area contributed by atoms with E-state index in [1.54, 1.807) is 0 Å². The Balaban J connectivity index is 2.05. The molecule has 0 atom stereocenters. The number of nitrogens with one attached hydrogen (secondary N) is 1. The van der Waals surface area contributed by atoms with Crippen LogP contribution in [0.25, 0.3) is 0 Å². The number of thioether (sulfide) groups is 1. The van der Waals surface area contributed by atoms with Gasteiger partial charge in [-0.3, -0.25) is 0 Å². The van der Waals surface area contributed by atoms with Gasteiger partial charge in [-0.15, -0.1) is 0 Å². The third-order valence-corrected chi connectivity index (χ3v) is 3.46. The average Bonchev–Trinajstić information content (AvgIpc) is 2.14. The summed E-state index contributed by atoms with van der Waals surface area (Å²) in [6, 6.07) is 8.76. The van der Waals surface area contributed by atoms with Crippen molar-refractivity contribution in [3.05, 3.63) is 24.3 Å². The first-order valence-corrected chi connectivity index (χ1v) is 6.11. The maximum absolute atomic E-state index is 5.54. The molecular formula is C11H15NOS. The van der Waals surface area contributed by atoms with Gasteiger partial charge in [-0.1, -0.05) is 12.1 Å². The van der Waals surface area contributed by atoms with Gasteiger partial charge in [0.05, 0.1) is 12.3 Å². The predicted octanol–water partition coefficient (Wildman–Crippen LogP) is 2.61. The second-order valence-corrected chi connectivity index (χ2v) is 4.38. The van der Waals surface area contributed by atoms with Crippen molar-refractivity contribution in [3.8, 4) is 5.75 Å². The lowest BCUT2D eigenvalue weighted by Crippen LogP contribution is -2.33. The summed E-state index contributed by atoms with van der Waals surface area (Å²) in [5.41, 5.74) is 1.12. The maximum Gasteiger partial charge on any atom is 0.142 e. The van der Waals surface area contributed by atoms with Crippen LogP contribution in [-0.2, 0) is 0 Å². The van der Waals surface area contributed by atoms with Gasteiger partial charge in [-0.2, -0.15) is 11.8 Å². The van der Waals surface area contributed by atoms with Crippen molar-refractivity contribution in [1.82, 2.24) is 0 Å². The molecule has 1 aromatic rings. The second-order valence-electron chi connectivity index (χ2n) is 3.31. The number of hydrogen-bond acceptors (Lipinski definition) is 3. The average molecular weight is 209 g/mol. The van der Waals surface area contributed by atoms with E-state index in [9.17, 15) is 0 Å². The molecule has 0 saturated carbocycles. The standard InChI is InChI=1S/C11H15NOS/c1-2-13-11-6-4-3-5-10(11)12-9-7-14-8-9/h3-6,9,12H,2,7-8H2,1H3. The van der Waals surface area contributed by atoms with Crippen LogP contribution in [0.4, 0.5) is 5.69 Å². The lowest BCUT2D eigenvalue weighted by Gasteiger charge is -2.27. The zero-order valence-electron chi connectivity index (χ0n) is 8.32. The summed E-state index contributed by atoms with van der Waals surface area (Å²) >= 11 is 1.98. The summed E-state index contributed by atoms with van der Waals surface area (Å²) in [4.78, 5) is 0. The number of benzene rings is 1. The van der Waals surface area contributed by atoms with Gasteiger partial charge >= 0.3 is 0 Å². The molecule has 76 valence electrons. The summed E-state index contributed by atoms with van der Waals surface area (Å²) < 4.78 is 5.54. The highest BCUT2D eigenvalue weighted by atomic mass is 32.2. The molecule has 0 amide bonds. The number of hydrogen-bond donors (Lipinski definition) is 1. The lowest BCUT2D eigenvalue weighted by molar-refractivity contribution is 0.341. The van der Waals surface area contributed by atoms with Crippen LogP contribution in [-0.4, -0.2) is 24.2 Å². The van der Waals surface area contributed by atoms with Gasteiger partial charge in [0.15, 0.2) is 0 Å². The molecular weight excluding hydrogens is 194 g/mol. The van der Waals surface area contributed by atoms with Gasteiger partial charge in [0.25, 0.3) is 0 Å². The van der Waals surface area contributed by atoms with Gasteiger partial charge in [-0.25, -0.2) is 0 Å². The van der Waals surface area contributed by atoms with Gasteiger partial charge < -0.3 is 10.1 Å². The summed E-state index contributed by atoms with van der Waals surface area (Å²) in [6.45, 7) is 2.73. The van der Waals surface area contributed by atoms with E-state index >= 15 is 0 Å². The van der Waals surface area contributed by atoms with Crippen LogP contribution < -0.4 is 10.1 Å². The van der Waals surface area contributed by atoms with Crippen LogP contribution in [0.15, 0.2) is 24.3 Å². The van der Waals surface area contributed by atoms with Crippen molar-refractivity contribution >= 4 is 17.4 Å². The Morgan fingerprint density at radius 1 is 1.43 bits per heavy atom. The van der Waals surface area contributed by atoms with Crippen molar-refractivity contribution in [1.29, 1.82) is 0 Å². The van der Waals surface area contributed by atoms with Crippen LogP contribution in [0.5, 0.6) is 5.75 Å². The van der Waals surface area contributed by atoms with Crippen molar-refractivity contribution in [2.75, 3.05) is 23.4 Å². The number of ether oxygens (including phenoxy) is 1. The summed E-state index contributed by atoms with van der Waals surface area (Å²) in [7, 11) is 0. The number of para-hydroxylation sites is 2. The molecule has 0 spiro atoms. The van der Waals surface area contributed by atoms with E-state index in [-0.39, 0.29) is 0 Å². The fourth-order valence-electron chi connectivity index (χ4n) is 1.41. The van der Waals surface area contributed by atoms with E-state index in [1.807, 2.05) is 36.9 Å². The molecule has 0 aliphatic carbocycles. The molecule has 1 heterocycles. The minimum Gasteiger partial charge on any atom is -0.492 e. The quantitative estimate of drug-likeness (QED) is 0.823.